The van der Waals surface area contributed by atoms with E-state index < -0.39 is 5.97 Å². The number of anilines is 1. The van der Waals surface area contributed by atoms with Crippen LogP contribution in [-0.4, -0.2) is 20.6 Å². The van der Waals surface area contributed by atoms with Crippen LogP contribution in [0.4, 0.5) is 5.69 Å². The standard InChI is InChI=1S/C11H13N3O2.ClH/c1-14-9-3-2-7(12)6-8(9)13-10(14)4-5-11(15)16;/h2-3,6H,4-5,12H2,1H3,(H,15,16);1H. The lowest BCUT2D eigenvalue weighted by Crippen LogP contribution is -2.03. The molecule has 92 valence electrons. The third-order valence-electron chi connectivity index (χ3n) is 2.56. The van der Waals surface area contributed by atoms with Gasteiger partial charge in [0.25, 0.3) is 0 Å². The quantitative estimate of drug-likeness (QED) is 0.816. The Balaban J connectivity index is 0.00000144. The van der Waals surface area contributed by atoms with Crippen LogP contribution < -0.4 is 5.73 Å². The van der Waals surface area contributed by atoms with Crippen molar-refractivity contribution < 1.29 is 9.90 Å². The van der Waals surface area contributed by atoms with E-state index >= 15 is 0 Å². The van der Waals surface area contributed by atoms with Crippen LogP contribution in [0, 0.1) is 0 Å². The molecule has 0 amide bonds. The zero-order valence-corrected chi connectivity index (χ0v) is 10.2. The Labute approximate surface area is 105 Å². The van der Waals surface area contributed by atoms with Crippen molar-refractivity contribution in [2.24, 2.45) is 7.05 Å². The Morgan fingerprint density at radius 2 is 2.24 bits per heavy atom. The van der Waals surface area contributed by atoms with E-state index in [1.54, 1.807) is 6.07 Å². The molecule has 2 aromatic rings. The number of halogens is 1. The molecule has 0 aliphatic heterocycles. The van der Waals surface area contributed by atoms with Crippen LogP contribution in [0.2, 0.25) is 0 Å². The number of fused-ring (bicyclic) bond motifs is 1. The zero-order chi connectivity index (χ0) is 11.7. The second kappa shape index (κ2) is 5.05. The Kier molecular flexibility index (Phi) is 3.96. The molecule has 1 aromatic carbocycles. The molecule has 3 N–H and O–H groups in total. The number of aliphatic carboxylic acids is 1. The van der Waals surface area contributed by atoms with E-state index in [2.05, 4.69) is 4.98 Å². The summed E-state index contributed by atoms with van der Waals surface area (Å²) in [6.45, 7) is 0. The van der Waals surface area contributed by atoms with Gasteiger partial charge < -0.3 is 15.4 Å². The molecule has 1 aromatic heterocycles. The minimum absolute atomic E-state index is 0. The number of hydrogen-bond donors (Lipinski definition) is 2. The molecule has 6 heteroatoms. The molecule has 0 radical (unpaired) electrons. The molecule has 0 fully saturated rings. The monoisotopic (exact) mass is 255 g/mol. The molecule has 0 saturated heterocycles. The van der Waals surface area contributed by atoms with Crippen LogP contribution in [-0.2, 0) is 18.3 Å². The van der Waals surface area contributed by atoms with E-state index in [0.29, 0.717) is 12.1 Å². The van der Waals surface area contributed by atoms with E-state index in [4.69, 9.17) is 10.8 Å². The average Bonchev–Trinajstić information content (AvgIpc) is 2.52. The maximum absolute atomic E-state index is 10.5. The number of carboxylic acid groups (broad SMARTS) is 1. The highest BCUT2D eigenvalue weighted by Crippen LogP contribution is 2.18. The van der Waals surface area contributed by atoms with Crippen molar-refractivity contribution in [2.75, 3.05) is 5.73 Å². The molecule has 0 bridgehead atoms. The second-order valence-electron chi connectivity index (χ2n) is 3.73. The lowest BCUT2D eigenvalue weighted by atomic mass is 10.3. The Morgan fingerprint density at radius 3 is 2.88 bits per heavy atom. The molecule has 2 rings (SSSR count). The molecule has 0 atom stereocenters. The number of nitrogens with two attached hydrogens (primary N) is 1. The van der Waals surface area contributed by atoms with Crippen molar-refractivity contribution in [3.05, 3.63) is 24.0 Å². The number of nitrogens with zero attached hydrogens (tertiary/aromatic N) is 2. The minimum atomic E-state index is -0.813. The summed E-state index contributed by atoms with van der Waals surface area (Å²) in [7, 11) is 1.88. The topological polar surface area (TPSA) is 81.1 Å². The number of carbonyl (C=O) groups is 1. The van der Waals surface area contributed by atoms with Gasteiger partial charge in [0.15, 0.2) is 0 Å². The number of aryl methyl sites for hydroxylation is 2. The smallest absolute Gasteiger partial charge is 0.303 e. The number of nitrogen functional groups attached to an aromatic ring is 1. The third-order valence-corrected chi connectivity index (χ3v) is 2.56. The number of hydrogen-bond acceptors (Lipinski definition) is 3. The average molecular weight is 256 g/mol. The van der Waals surface area contributed by atoms with Gasteiger partial charge in [-0.25, -0.2) is 4.98 Å². The van der Waals surface area contributed by atoms with Gasteiger partial charge in [-0.2, -0.15) is 0 Å². The fourth-order valence-corrected chi connectivity index (χ4v) is 1.71. The Morgan fingerprint density at radius 1 is 1.53 bits per heavy atom. The molecular weight excluding hydrogens is 242 g/mol. The van der Waals surface area contributed by atoms with E-state index in [9.17, 15) is 4.79 Å². The summed E-state index contributed by atoms with van der Waals surface area (Å²) in [4.78, 5) is 14.9. The fourth-order valence-electron chi connectivity index (χ4n) is 1.71. The molecule has 5 nitrogen and oxygen atoms in total. The van der Waals surface area contributed by atoms with E-state index in [1.165, 1.54) is 0 Å². The summed E-state index contributed by atoms with van der Waals surface area (Å²) in [6, 6.07) is 5.49. The number of carboxylic acids is 1. The van der Waals surface area contributed by atoms with Gasteiger partial charge in [-0.3, -0.25) is 4.79 Å². The van der Waals surface area contributed by atoms with Crippen LogP contribution in [0.25, 0.3) is 11.0 Å². The van der Waals surface area contributed by atoms with E-state index in [1.807, 2.05) is 23.7 Å². The van der Waals surface area contributed by atoms with Crippen molar-refractivity contribution in [1.82, 2.24) is 9.55 Å². The first-order valence-electron chi connectivity index (χ1n) is 5.00. The number of rotatable bonds is 3. The highest BCUT2D eigenvalue weighted by Gasteiger charge is 2.09. The minimum Gasteiger partial charge on any atom is -0.481 e. The number of benzene rings is 1. The van der Waals surface area contributed by atoms with Crippen LogP contribution >= 0.6 is 12.4 Å². The first kappa shape index (κ1) is 13.3. The number of aromatic nitrogens is 2. The van der Waals surface area contributed by atoms with Gasteiger partial charge in [0, 0.05) is 19.2 Å². The Hall–Kier alpha value is -1.75. The second-order valence-corrected chi connectivity index (χ2v) is 3.73. The molecule has 0 spiro atoms. The molecule has 0 unspecified atom stereocenters. The summed E-state index contributed by atoms with van der Waals surface area (Å²) < 4.78 is 1.90. The van der Waals surface area contributed by atoms with Crippen molar-refractivity contribution in [3.8, 4) is 0 Å². The van der Waals surface area contributed by atoms with E-state index in [-0.39, 0.29) is 18.8 Å². The molecule has 1 heterocycles. The summed E-state index contributed by atoms with van der Waals surface area (Å²) in [6.07, 6.45) is 0.521. The fraction of sp³-hybridized carbons (Fsp3) is 0.273. The lowest BCUT2D eigenvalue weighted by Gasteiger charge is -1.99. The predicted octanol–water partition coefficient (Wildman–Crippen LogP) is 1.59. The highest BCUT2D eigenvalue weighted by molar-refractivity contribution is 5.85. The molecule has 17 heavy (non-hydrogen) atoms. The van der Waals surface area contributed by atoms with Gasteiger partial charge in [-0.1, -0.05) is 0 Å². The predicted molar refractivity (Wildman–Crippen MR) is 68.3 cm³/mol. The van der Waals surface area contributed by atoms with Crippen molar-refractivity contribution in [2.45, 2.75) is 12.8 Å². The lowest BCUT2D eigenvalue weighted by molar-refractivity contribution is -0.137. The zero-order valence-electron chi connectivity index (χ0n) is 9.38. The first-order valence-corrected chi connectivity index (χ1v) is 5.00. The van der Waals surface area contributed by atoms with Crippen molar-refractivity contribution in [1.29, 1.82) is 0 Å². The van der Waals surface area contributed by atoms with Crippen LogP contribution in [0.1, 0.15) is 12.2 Å². The summed E-state index contributed by atoms with van der Waals surface area (Å²) in [5, 5.41) is 8.63. The number of imidazole rings is 1. The van der Waals surface area contributed by atoms with Gasteiger partial charge in [-0.05, 0) is 18.2 Å². The summed E-state index contributed by atoms with van der Waals surface area (Å²) >= 11 is 0. The molecule has 0 aliphatic rings. The summed E-state index contributed by atoms with van der Waals surface area (Å²) in [5.74, 6) is -0.0467. The van der Waals surface area contributed by atoms with Crippen LogP contribution in [0.3, 0.4) is 0 Å². The normalized spacial score (nSPS) is 10.2. The Bertz CT molecular complexity index is 551. The van der Waals surface area contributed by atoms with Crippen LogP contribution in [0.5, 0.6) is 0 Å². The largest absolute Gasteiger partial charge is 0.481 e. The third kappa shape index (κ3) is 2.68. The van der Waals surface area contributed by atoms with Gasteiger partial charge in [0.1, 0.15) is 5.82 Å². The summed E-state index contributed by atoms with van der Waals surface area (Å²) in [5.41, 5.74) is 8.10. The van der Waals surface area contributed by atoms with Gasteiger partial charge in [-0.15, -0.1) is 12.4 Å². The highest BCUT2D eigenvalue weighted by atomic mass is 35.5. The molecule has 0 saturated carbocycles. The molecule has 0 aliphatic carbocycles. The van der Waals surface area contributed by atoms with Crippen LogP contribution in [0.15, 0.2) is 18.2 Å². The van der Waals surface area contributed by atoms with Gasteiger partial charge in [0.05, 0.1) is 17.5 Å². The van der Waals surface area contributed by atoms with Crippen molar-refractivity contribution >= 4 is 35.1 Å². The molecular formula is C11H14ClN3O2. The SMILES string of the molecule is Cl.Cn1c(CCC(=O)O)nc2cc(N)ccc21. The van der Waals surface area contributed by atoms with Gasteiger partial charge in [0.2, 0.25) is 0 Å². The van der Waals surface area contributed by atoms with E-state index in [0.717, 1.165) is 16.9 Å². The maximum atomic E-state index is 10.5. The van der Waals surface area contributed by atoms with Crippen molar-refractivity contribution in [3.63, 3.8) is 0 Å². The first-order chi connectivity index (χ1) is 7.58. The maximum Gasteiger partial charge on any atom is 0.303 e. The van der Waals surface area contributed by atoms with Gasteiger partial charge >= 0.3 is 5.97 Å².